The first-order valence-electron chi connectivity index (χ1n) is 8.12. The molecule has 1 fully saturated rings. The summed E-state index contributed by atoms with van der Waals surface area (Å²) in [4.78, 5) is 0. The second kappa shape index (κ2) is 5.56. The molecular weight excluding hydrogens is 230 g/mol. The quantitative estimate of drug-likeness (QED) is 0.796. The highest BCUT2D eigenvalue weighted by atomic mass is 15.0. The molecule has 1 aromatic rings. The highest BCUT2D eigenvalue weighted by Crippen LogP contribution is 2.39. The lowest BCUT2D eigenvalue weighted by Gasteiger charge is -2.41. The van der Waals surface area contributed by atoms with Crippen LogP contribution < -0.4 is 5.32 Å². The molecule has 0 aromatic heterocycles. The molecule has 1 aliphatic heterocycles. The first-order chi connectivity index (χ1) is 9.28. The minimum absolute atomic E-state index is 0.702. The van der Waals surface area contributed by atoms with Gasteiger partial charge in [0.1, 0.15) is 0 Å². The van der Waals surface area contributed by atoms with Gasteiger partial charge in [0.15, 0.2) is 0 Å². The molecule has 0 saturated heterocycles. The fourth-order valence-electron chi connectivity index (χ4n) is 4.17. The summed E-state index contributed by atoms with van der Waals surface area (Å²) < 4.78 is 0. The van der Waals surface area contributed by atoms with Gasteiger partial charge >= 0.3 is 0 Å². The Kier molecular flexibility index (Phi) is 3.81. The molecule has 0 bridgehead atoms. The number of fused-ring (bicyclic) bond motifs is 1. The van der Waals surface area contributed by atoms with E-state index in [9.17, 15) is 0 Å². The smallest absolute Gasteiger partial charge is 0.0375 e. The van der Waals surface area contributed by atoms with Crippen LogP contribution in [0.2, 0.25) is 0 Å². The minimum Gasteiger partial charge on any atom is -0.382 e. The Morgan fingerprint density at radius 1 is 1.11 bits per heavy atom. The number of para-hydroxylation sites is 1. The Hall–Kier alpha value is -0.980. The Morgan fingerprint density at radius 3 is 2.58 bits per heavy atom. The summed E-state index contributed by atoms with van der Waals surface area (Å²) in [5, 5.41) is 3.85. The molecular formula is C18H27N. The predicted molar refractivity (Wildman–Crippen MR) is 82.5 cm³/mol. The molecule has 1 aromatic carbocycles. The van der Waals surface area contributed by atoms with E-state index in [1.165, 1.54) is 49.8 Å². The van der Waals surface area contributed by atoms with Gasteiger partial charge in [-0.3, -0.25) is 0 Å². The molecule has 1 heteroatoms. The van der Waals surface area contributed by atoms with Crippen molar-refractivity contribution in [1.29, 1.82) is 0 Å². The van der Waals surface area contributed by atoms with Crippen LogP contribution in [0.4, 0.5) is 5.69 Å². The first kappa shape index (κ1) is 13.0. The van der Waals surface area contributed by atoms with E-state index in [2.05, 4.69) is 43.4 Å². The fraction of sp³-hybridized carbons (Fsp3) is 0.667. The molecule has 2 aliphatic rings. The zero-order valence-electron chi connectivity index (χ0n) is 12.4. The third kappa shape index (κ3) is 2.66. The van der Waals surface area contributed by atoms with Gasteiger partial charge in [0.05, 0.1) is 0 Å². The van der Waals surface area contributed by atoms with E-state index in [1.807, 2.05) is 0 Å². The molecule has 1 saturated carbocycles. The van der Waals surface area contributed by atoms with E-state index in [1.54, 1.807) is 0 Å². The van der Waals surface area contributed by atoms with Crippen molar-refractivity contribution >= 4 is 5.69 Å². The van der Waals surface area contributed by atoms with E-state index in [-0.39, 0.29) is 0 Å². The summed E-state index contributed by atoms with van der Waals surface area (Å²) in [6.07, 6.45) is 8.40. The third-order valence-electron chi connectivity index (χ3n) is 5.47. The van der Waals surface area contributed by atoms with Crippen LogP contribution in [-0.2, 0) is 6.42 Å². The lowest BCUT2D eigenvalue weighted by molar-refractivity contribution is 0.215. The molecule has 1 heterocycles. The van der Waals surface area contributed by atoms with Crippen molar-refractivity contribution in [2.75, 3.05) is 5.32 Å². The molecule has 2 unspecified atom stereocenters. The lowest BCUT2D eigenvalue weighted by atomic mass is 9.72. The van der Waals surface area contributed by atoms with Crippen LogP contribution in [0.3, 0.4) is 0 Å². The molecule has 104 valence electrons. The third-order valence-corrected chi connectivity index (χ3v) is 5.47. The number of hydrogen-bond donors (Lipinski definition) is 1. The summed E-state index contributed by atoms with van der Waals surface area (Å²) in [6, 6.07) is 9.56. The van der Waals surface area contributed by atoms with Crippen LogP contribution >= 0.6 is 0 Å². The van der Waals surface area contributed by atoms with E-state index in [0.29, 0.717) is 6.04 Å². The van der Waals surface area contributed by atoms with Crippen LogP contribution in [0.15, 0.2) is 24.3 Å². The van der Waals surface area contributed by atoms with Crippen molar-refractivity contribution in [1.82, 2.24) is 0 Å². The molecule has 3 rings (SSSR count). The monoisotopic (exact) mass is 257 g/mol. The van der Waals surface area contributed by atoms with Crippen LogP contribution in [0.1, 0.15) is 51.5 Å². The molecule has 2 atom stereocenters. The average molecular weight is 257 g/mol. The van der Waals surface area contributed by atoms with Crippen LogP contribution in [0, 0.1) is 17.8 Å². The first-order valence-corrected chi connectivity index (χ1v) is 8.12. The van der Waals surface area contributed by atoms with Crippen molar-refractivity contribution in [2.24, 2.45) is 17.8 Å². The van der Waals surface area contributed by atoms with Crippen molar-refractivity contribution in [3.05, 3.63) is 29.8 Å². The Morgan fingerprint density at radius 2 is 1.84 bits per heavy atom. The van der Waals surface area contributed by atoms with Gasteiger partial charge in [0.25, 0.3) is 0 Å². The van der Waals surface area contributed by atoms with E-state index in [0.717, 1.165) is 17.8 Å². The molecule has 1 aliphatic carbocycles. The number of nitrogens with one attached hydrogen (secondary N) is 1. The number of benzene rings is 1. The lowest BCUT2D eigenvalue weighted by Crippen LogP contribution is -2.41. The minimum atomic E-state index is 0.702. The molecule has 0 amide bonds. The van der Waals surface area contributed by atoms with E-state index in [4.69, 9.17) is 0 Å². The molecule has 1 N–H and O–H groups in total. The number of rotatable bonds is 2. The van der Waals surface area contributed by atoms with Gasteiger partial charge in [0.2, 0.25) is 0 Å². The van der Waals surface area contributed by atoms with E-state index >= 15 is 0 Å². The predicted octanol–water partition coefficient (Wildman–Crippen LogP) is 4.88. The van der Waals surface area contributed by atoms with Gasteiger partial charge in [-0.2, -0.15) is 0 Å². The van der Waals surface area contributed by atoms with E-state index < -0.39 is 0 Å². The molecule has 1 nitrogen and oxygen atoms in total. The standard InChI is InChI=1S/C18H27N/c1-3-14-8-10-15(11-9-14)18-13(2)12-16-6-4-5-7-17(16)19-18/h4-7,13-15,18-19H,3,8-12H2,1-2H3. The van der Waals surface area contributed by atoms with Crippen molar-refractivity contribution in [3.63, 3.8) is 0 Å². The zero-order chi connectivity index (χ0) is 13.2. The summed E-state index contributed by atoms with van der Waals surface area (Å²) in [5.74, 6) is 2.67. The van der Waals surface area contributed by atoms with Crippen molar-refractivity contribution in [2.45, 2.75) is 58.4 Å². The highest BCUT2D eigenvalue weighted by molar-refractivity contribution is 5.54. The van der Waals surface area contributed by atoms with Crippen molar-refractivity contribution in [3.8, 4) is 0 Å². The Balaban J connectivity index is 1.69. The van der Waals surface area contributed by atoms with Crippen LogP contribution in [0.5, 0.6) is 0 Å². The van der Waals surface area contributed by atoms with Crippen LogP contribution in [-0.4, -0.2) is 6.04 Å². The Bertz CT molecular complexity index is 417. The second-order valence-corrected chi connectivity index (χ2v) is 6.70. The topological polar surface area (TPSA) is 12.0 Å². The van der Waals surface area contributed by atoms with Gasteiger partial charge in [-0.15, -0.1) is 0 Å². The molecule has 0 spiro atoms. The summed E-state index contributed by atoms with van der Waals surface area (Å²) >= 11 is 0. The maximum Gasteiger partial charge on any atom is 0.0375 e. The molecule has 19 heavy (non-hydrogen) atoms. The average Bonchev–Trinajstić information content (AvgIpc) is 2.47. The maximum atomic E-state index is 3.85. The zero-order valence-corrected chi connectivity index (χ0v) is 12.4. The number of hydrogen-bond acceptors (Lipinski definition) is 1. The summed E-state index contributed by atoms with van der Waals surface area (Å²) in [7, 11) is 0. The normalized spacial score (nSPS) is 34.4. The van der Waals surface area contributed by atoms with Crippen molar-refractivity contribution < 1.29 is 0 Å². The van der Waals surface area contributed by atoms with Gasteiger partial charge in [0, 0.05) is 11.7 Å². The fourth-order valence-corrected chi connectivity index (χ4v) is 4.17. The second-order valence-electron chi connectivity index (χ2n) is 6.70. The summed E-state index contributed by atoms with van der Waals surface area (Å²) in [5.41, 5.74) is 2.90. The summed E-state index contributed by atoms with van der Waals surface area (Å²) in [6.45, 7) is 4.78. The van der Waals surface area contributed by atoms with Crippen LogP contribution in [0.25, 0.3) is 0 Å². The van der Waals surface area contributed by atoms with Gasteiger partial charge < -0.3 is 5.32 Å². The number of anilines is 1. The maximum absolute atomic E-state index is 3.85. The SMILES string of the molecule is CCC1CCC(C2Nc3ccccc3CC2C)CC1. The van der Waals surface area contributed by atoms with Gasteiger partial charge in [-0.05, 0) is 48.6 Å². The molecule has 0 radical (unpaired) electrons. The highest BCUT2D eigenvalue weighted by Gasteiger charge is 2.33. The Labute approximate surface area is 117 Å². The van der Waals surface area contributed by atoms with Gasteiger partial charge in [-0.25, -0.2) is 0 Å². The van der Waals surface area contributed by atoms with Gasteiger partial charge in [-0.1, -0.05) is 51.3 Å². The largest absolute Gasteiger partial charge is 0.382 e.